The first-order valence-corrected chi connectivity index (χ1v) is 6.62. The fraction of sp³-hybridized carbons (Fsp3) is 0.636. The second-order valence-electron chi connectivity index (χ2n) is 3.80. The molecule has 1 rings (SSSR count). The quantitative estimate of drug-likeness (QED) is 0.801. The number of halogens is 1. The van der Waals surface area contributed by atoms with E-state index < -0.39 is 0 Å². The SMILES string of the molecule is CCc1nn(C)cc1C(=O)NC(CBr)COC. The Bertz CT molecular complexity index is 379. The number of nitrogens with zero attached hydrogens (tertiary/aromatic N) is 2. The molecule has 0 spiro atoms. The van der Waals surface area contributed by atoms with Crippen LogP contribution < -0.4 is 5.32 Å². The lowest BCUT2D eigenvalue weighted by Crippen LogP contribution is -2.39. The molecule has 0 aromatic carbocycles. The van der Waals surface area contributed by atoms with Gasteiger partial charge in [-0.3, -0.25) is 9.48 Å². The number of hydrogen-bond donors (Lipinski definition) is 1. The van der Waals surface area contributed by atoms with Gasteiger partial charge in [0.2, 0.25) is 0 Å². The van der Waals surface area contributed by atoms with Gasteiger partial charge in [0, 0.05) is 25.7 Å². The molecule has 0 aliphatic carbocycles. The van der Waals surface area contributed by atoms with E-state index in [4.69, 9.17) is 4.74 Å². The summed E-state index contributed by atoms with van der Waals surface area (Å²) in [5.41, 5.74) is 1.45. The number of carbonyl (C=O) groups excluding carboxylic acids is 1. The molecule has 0 saturated heterocycles. The molecule has 5 nitrogen and oxygen atoms in total. The van der Waals surface area contributed by atoms with Crippen molar-refractivity contribution in [2.24, 2.45) is 7.05 Å². The largest absolute Gasteiger partial charge is 0.383 e. The van der Waals surface area contributed by atoms with E-state index in [1.807, 2.05) is 14.0 Å². The Morgan fingerprint density at radius 2 is 2.41 bits per heavy atom. The number of rotatable bonds is 6. The van der Waals surface area contributed by atoms with Crippen molar-refractivity contribution < 1.29 is 9.53 Å². The number of methoxy groups -OCH3 is 1. The van der Waals surface area contributed by atoms with Crippen molar-refractivity contribution in [2.75, 3.05) is 19.0 Å². The van der Waals surface area contributed by atoms with E-state index in [9.17, 15) is 4.79 Å². The first-order valence-electron chi connectivity index (χ1n) is 5.50. The highest BCUT2D eigenvalue weighted by molar-refractivity contribution is 9.09. The van der Waals surface area contributed by atoms with Crippen LogP contribution in [0.3, 0.4) is 0 Å². The van der Waals surface area contributed by atoms with Crippen LogP contribution in [0.15, 0.2) is 6.20 Å². The predicted octanol–water partition coefficient (Wildman–Crippen LogP) is 1.12. The highest BCUT2D eigenvalue weighted by Crippen LogP contribution is 2.07. The van der Waals surface area contributed by atoms with E-state index in [0.29, 0.717) is 17.5 Å². The highest BCUT2D eigenvalue weighted by atomic mass is 79.9. The molecule has 0 fully saturated rings. The molecule has 1 amide bonds. The Balaban J connectivity index is 2.74. The fourth-order valence-electron chi connectivity index (χ4n) is 1.57. The van der Waals surface area contributed by atoms with Crippen LogP contribution in [0.25, 0.3) is 0 Å². The first kappa shape index (κ1) is 14.2. The maximum atomic E-state index is 12.0. The minimum atomic E-state index is -0.101. The molecule has 96 valence electrons. The summed E-state index contributed by atoms with van der Waals surface area (Å²) in [6.45, 7) is 2.47. The lowest BCUT2D eigenvalue weighted by atomic mass is 10.2. The fourth-order valence-corrected chi connectivity index (χ4v) is 1.92. The van der Waals surface area contributed by atoms with Crippen molar-refractivity contribution in [3.63, 3.8) is 0 Å². The van der Waals surface area contributed by atoms with Crippen molar-refractivity contribution in [1.82, 2.24) is 15.1 Å². The number of alkyl halides is 1. The summed E-state index contributed by atoms with van der Waals surface area (Å²) >= 11 is 3.34. The van der Waals surface area contributed by atoms with Gasteiger partial charge < -0.3 is 10.1 Å². The van der Waals surface area contributed by atoms with Crippen molar-refractivity contribution in [2.45, 2.75) is 19.4 Å². The van der Waals surface area contributed by atoms with Gasteiger partial charge in [-0.15, -0.1) is 0 Å². The van der Waals surface area contributed by atoms with E-state index in [-0.39, 0.29) is 11.9 Å². The summed E-state index contributed by atoms with van der Waals surface area (Å²) in [7, 11) is 3.43. The number of nitrogens with one attached hydrogen (secondary N) is 1. The molecule has 1 unspecified atom stereocenters. The highest BCUT2D eigenvalue weighted by Gasteiger charge is 2.17. The first-order chi connectivity index (χ1) is 8.12. The van der Waals surface area contributed by atoms with Gasteiger partial charge in [0.05, 0.1) is 23.9 Å². The third-order valence-electron chi connectivity index (χ3n) is 2.37. The van der Waals surface area contributed by atoms with Crippen molar-refractivity contribution in [3.8, 4) is 0 Å². The van der Waals surface area contributed by atoms with Gasteiger partial charge in [-0.05, 0) is 6.42 Å². The minimum Gasteiger partial charge on any atom is -0.383 e. The third-order valence-corrected chi connectivity index (χ3v) is 3.16. The van der Waals surface area contributed by atoms with Crippen LogP contribution in [0.4, 0.5) is 0 Å². The van der Waals surface area contributed by atoms with Gasteiger partial charge in [0.15, 0.2) is 0 Å². The van der Waals surface area contributed by atoms with Gasteiger partial charge in [0.1, 0.15) is 0 Å². The normalized spacial score (nSPS) is 12.5. The Labute approximate surface area is 110 Å². The third kappa shape index (κ3) is 3.81. The Hall–Kier alpha value is -0.880. The monoisotopic (exact) mass is 303 g/mol. The Morgan fingerprint density at radius 1 is 1.71 bits per heavy atom. The second-order valence-corrected chi connectivity index (χ2v) is 4.44. The molecule has 17 heavy (non-hydrogen) atoms. The van der Waals surface area contributed by atoms with E-state index in [1.165, 1.54) is 0 Å². The molecule has 1 aromatic heterocycles. The summed E-state index contributed by atoms with van der Waals surface area (Å²) in [4.78, 5) is 12.0. The van der Waals surface area contributed by atoms with Crippen molar-refractivity contribution in [3.05, 3.63) is 17.5 Å². The topological polar surface area (TPSA) is 56.2 Å². The molecule has 1 atom stereocenters. The molecule has 1 heterocycles. The second kappa shape index (κ2) is 6.76. The number of amides is 1. The Kier molecular flexibility index (Phi) is 5.64. The van der Waals surface area contributed by atoms with Crippen molar-refractivity contribution in [1.29, 1.82) is 0 Å². The lowest BCUT2D eigenvalue weighted by molar-refractivity contribution is 0.0907. The summed E-state index contributed by atoms with van der Waals surface area (Å²) in [6.07, 6.45) is 2.49. The summed E-state index contributed by atoms with van der Waals surface area (Å²) in [6, 6.07) is -0.0302. The molecule has 0 saturated carbocycles. The molecule has 1 N–H and O–H groups in total. The summed E-state index contributed by atoms with van der Waals surface area (Å²) < 4.78 is 6.69. The molecule has 0 aliphatic rings. The molecule has 0 bridgehead atoms. The predicted molar refractivity (Wildman–Crippen MR) is 69.5 cm³/mol. The average Bonchev–Trinajstić information content (AvgIpc) is 2.69. The van der Waals surface area contributed by atoms with E-state index >= 15 is 0 Å². The van der Waals surface area contributed by atoms with Crippen LogP contribution in [0.5, 0.6) is 0 Å². The van der Waals surface area contributed by atoms with Gasteiger partial charge in [0.25, 0.3) is 5.91 Å². The average molecular weight is 304 g/mol. The number of aryl methyl sites for hydroxylation is 2. The Morgan fingerprint density at radius 3 is 2.94 bits per heavy atom. The van der Waals surface area contributed by atoms with Crippen LogP contribution in [0.2, 0.25) is 0 Å². The van der Waals surface area contributed by atoms with Gasteiger partial charge in [-0.25, -0.2) is 0 Å². The van der Waals surface area contributed by atoms with E-state index in [0.717, 1.165) is 12.1 Å². The van der Waals surface area contributed by atoms with Crippen LogP contribution >= 0.6 is 15.9 Å². The number of aromatic nitrogens is 2. The number of ether oxygens (including phenoxy) is 1. The zero-order valence-corrected chi connectivity index (χ0v) is 12.0. The number of hydrogen-bond acceptors (Lipinski definition) is 3. The zero-order chi connectivity index (χ0) is 12.8. The molecular formula is C11H18BrN3O2. The van der Waals surface area contributed by atoms with Crippen LogP contribution in [-0.2, 0) is 18.2 Å². The van der Waals surface area contributed by atoms with Crippen LogP contribution in [-0.4, -0.2) is 40.8 Å². The molecule has 0 radical (unpaired) electrons. The molecule has 6 heteroatoms. The van der Waals surface area contributed by atoms with Crippen LogP contribution in [0.1, 0.15) is 23.0 Å². The van der Waals surface area contributed by atoms with Gasteiger partial charge in [-0.2, -0.15) is 5.10 Å². The maximum Gasteiger partial charge on any atom is 0.255 e. The summed E-state index contributed by atoms with van der Waals surface area (Å²) in [5, 5.41) is 7.81. The maximum absolute atomic E-state index is 12.0. The van der Waals surface area contributed by atoms with Crippen molar-refractivity contribution >= 4 is 21.8 Å². The van der Waals surface area contributed by atoms with Crippen LogP contribution in [0, 0.1) is 0 Å². The summed E-state index contributed by atoms with van der Waals surface area (Å²) in [5.74, 6) is -0.101. The standard InChI is InChI=1S/C11H18BrN3O2/c1-4-10-9(6-15(2)14-10)11(16)13-8(5-12)7-17-3/h6,8H,4-5,7H2,1-3H3,(H,13,16). The van der Waals surface area contributed by atoms with Gasteiger partial charge in [-0.1, -0.05) is 22.9 Å². The zero-order valence-electron chi connectivity index (χ0n) is 10.4. The molecular weight excluding hydrogens is 286 g/mol. The molecule has 0 aliphatic heterocycles. The van der Waals surface area contributed by atoms with E-state index in [2.05, 4.69) is 26.3 Å². The minimum absolute atomic E-state index is 0.0302. The van der Waals surface area contributed by atoms with E-state index in [1.54, 1.807) is 18.0 Å². The smallest absolute Gasteiger partial charge is 0.255 e. The lowest BCUT2D eigenvalue weighted by Gasteiger charge is -2.14. The van der Waals surface area contributed by atoms with Gasteiger partial charge >= 0.3 is 0 Å². The molecule has 1 aromatic rings. The number of carbonyl (C=O) groups is 1.